The molecule has 0 radical (unpaired) electrons. The van der Waals surface area contributed by atoms with E-state index < -0.39 is 11.7 Å². The minimum atomic E-state index is -0.535. The first-order chi connectivity index (χ1) is 8.20. The molecule has 3 N–H and O–H groups in total. The quantitative estimate of drug-likeness (QED) is 0.818. The van der Waals surface area contributed by atoms with E-state index in [1.54, 1.807) is 32.9 Å². The summed E-state index contributed by atoms with van der Waals surface area (Å²) in [7, 11) is 0. The molecule has 1 rings (SSSR count). The number of hydrogen-bond donors (Lipinski definition) is 2. The van der Waals surface area contributed by atoms with Crippen molar-refractivity contribution in [1.82, 2.24) is 5.32 Å². The second-order valence-electron chi connectivity index (χ2n) is 4.79. The SMILES string of the molecule is CC(C)(C)OC(=O)NCc1ccc(Cl)c(N)c1Cl. The van der Waals surface area contributed by atoms with Crippen LogP contribution in [0.1, 0.15) is 26.3 Å². The number of nitrogens with two attached hydrogens (primary N) is 1. The van der Waals surface area contributed by atoms with Gasteiger partial charge in [0.15, 0.2) is 0 Å². The first kappa shape index (κ1) is 14.9. The van der Waals surface area contributed by atoms with Crippen LogP contribution in [-0.4, -0.2) is 11.7 Å². The van der Waals surface area contributed by atoms with Crippen LogP contribution in [0.2, 0.25) is 10.0 Å². The van der Waals surface area contributed by atoms with Crippen LogP contribution >= 0.6 is 23.2 Å². The van der Waals surface area contributed by atoms with Crippen molar-refractivity contribution in [2.24, 2.45) is 0 Å². The predicted molar refractivity (Wildman–Crippen MR) is 73.9 cm³/mol. The summed E-state index contributed by atoms with van der Waals surface area (Å²) in [5, 5.41) is 3.33. The Morgan fingerprint density at radius 1 is 1.39 bits per heavy atom. The molecule has 18 heavy (non-hydrogen) atoms. The average Bonchev–Trinajstić information content (AvgIpc) is 2.22. The van der Waals surface area contributed by atoms with Gasteiger partial charge in [-0.2, -0.15) is 0 Å². The third-order valence-electron chi connectivity index (χ3n) is 2.03. The van der Waals surface area contributed by atoms with Crippen molar-refractivity contribution in [1.29, 1.82) is 0 Å². The van der Waals surface area contributed by atoms with Crippen molar-refractivity contribution in [2.75, 3.05) is 5.73 Å². The summed E-state index contributed by atoms with van der Waals surface area (Å²) in [4.78, 5) is 11.5. The van der Waals surface area contributed by atoms with Gasteiger partial charge < -0.3 is 15.8 Å². The smallest absolute Gasteiger partial charge is 0.407 e. The molecule has 0 spiro atoms. The van der Waals surface area contributed by atoms with Crippen LogP contribution in [0.15, 0.2) is 12.1 Å². The Morgan fingerprint density at radius 3 is 2.56 bits per heavy atom. The number of nitrogens with one attached hydrogen (secondary N) is 1. The molecule has 1 amide bonds. The fraction of sp³-hybridized carbons (Fsp3) is 0.417. The van der Waals surface area contributed by atoms with Gasteiger partial charge in [-0.05, 0) is 32.4 Å². The minimum Gasteiger partial charge on any atom is -0.444 e. The Balaban J connectivity index is 2.65. The summed E-state index contributed by atoms with van der Waals surface area (Å²) in [6.07, 6.45) is -0.507. The highest BCUT2D eigenvalue weighted by molar-refractivity contribution is 6.39. The molecule has 6 heteroatoms. The van der Waals surface area contributed by atoms with Crippen LogP contribution in [-0.2, 0) is 11.3 Å². The molecule has 1 aromatic carbocycles. The zero-order valence-electron chi connectivity index (χ0n) is 10.5. The zero-order valence-corrected chi connectivity index (χ0v) is 12.0. The van der Waals surface area contributed by atoms with E-state index in [1.807, 2.05) is 0 Å². The molecule has 0 saturated carbocycles. The summed E-state index contributed by atoms with van der Waals surface area (Å²) in [5.41, 5.74) is 6.14. The van der Waals surface area contributed by atoms with Gasteiger partial charge in [0.2, 0.25) is 0 Å². The molecule has 0 aliphatic heterocycles. The molecule has 0 aromatic heterocycles. The highest BCUT2D eigenvalue weighted by Crippen LogP contribution is 2.30. The minimum absolute atomic E-state index is 0.231. The van der Waals surface area contributed by atoms with Gasteiger partial charge in [-0.1, -0.05) is 29.3 Å². The summed E-state index contributed by atoms with van der Waals surface area (Å²) >= 11 is 11.8. The molecule has 0 bridgehead atoms. The van der Waals surface area contributed by atoms with E-state index in [0.29, 0.717) is 21.3 Å². The van der Waals surface area contributed by atoms with E-state index in [4.69, 9.17) is 33.7 Å². The van der Waals surface area contributed by atoms with E-state index in [1.165, 1.54) is 0 Å². The number of anilines is 1. The van der Waals surface area contributed by atoms with Crippen LogP contribution in [0.5, 0.6) is 0 Å². The lowest BCUT2D eigenvalue weighted by molar-refractivity contribution is 0.0523. The number of nitrogen functional groups attached to an aromatic ring is 1. The van der Waals surface area contributed by atoms with Crippen molar-refractivity contribution in [2.45, 2.75) is 32.9 Å². The summed E-state index contributed by atoms with van der Waals surface area (Å²) in [6, 6.07) is 3.34. The number of carbonyl (C=O) groups is 1. The molecule has 0 aliphatic rings. The second kappa shape index (κ2) is 5.67. The van der Waals surface area contributed by atoms with Crippen molar-refractivity contribution in [3.63, 3.8) is 0 Å². The lowest BCUT2D eigenvalue weighted by Crippen LogP contribution is -2.32. The number of rotatable bonds is 2. The maximum atomic E-state index is 11.5. The lowest BCUT2D eigenvalue weighted by atomic mass is 10.2. The van der Waals surface area contributed by atoms with E-state index in [9.17, 15) is 4.79 Å². The Kier molecular flexibility index (Phi) is 4.71. The third-order valence-corrected chi connectivity index (χ3v) is 2.80. The molecule has 0 heterocycles. The highest BCUT2D eigenvalue weighted by Gasteiger charge is 2.16. The number of halogens is 2. The van der Waals surface area contributed by atoms with Crippen LogP contribution in [0.25, 0.3) is 0 Å². The van der Waals surface area contributed by atoms with Gasteiger partial charge in [-0.3, -0.25) is 0 Å². The lowest BCUT2D eigenvalue weighted by Gasteiger charge is -2.20. The van der Waals surface area contributed by atoms with Crippen LogP contribution in [0.4, 0.5) is 10.5 Å². The molecule has 1 aromatic rings. The molecule has 4 nitrogen and oxygen atoms in total. The van der Waals surface area contributed by atoms with E-state index in [2.05, 4.69) is 5.32 Å². The van der Waals surface area contributed by atoms with E-state index in [0.717, 1.165) is 0 Å². The average molecular weight is 291 g/mol. The Labute approximate surface area is 116 Å². The topological polar surface area (TPSA) is 64.3 Å². The fourth-order valence-corrected chi connectivity index (χ4v) is 1.67. The molecule has 100 valence electrons. The molecular formula is C12H16Cl2N2O2. The highest BCUT2D eigenvalue weighted by atomic mass is 35.5. The monoisotopic (exact) mass is 290 g/mol. The number of amides is 1. The fourth-order valence-electron chi connectivity index (χ4n) is 1.23. The molecule has 0 atom stereocenters. The van der Waals surface area contributed by atoms with Crippen molar-refractivity contribution >= 4 is 35.0 Å². The van der Waals surface area contributed by atoms with Gasteiger partial charge in [0.1, 0.15) is 5.60 Å². The summed E-state index contributed by atoms with van der Waals surface area (Å²) in [6.45, 7) is 5.61. The first-order valence-electron chi connectivity index (χ1n) is 5.40. The normalized spacial score (nSPS) is 11.2. The van der Waals surface area contributed by atoms with Crippen LogP contribution < -0.4 is 11.1 Å². The number of hydrogen-bond acceptors (Lipinski definition) is 3. The summed E-state index contributed by atoms with van der Waals surface area (Å²) in [5.74, 6) is 0. The van der Waals surface area contributed by atoms with Gasteiger partial charge in [0.05, 0.1) is 15.7 Å². The molecule has 0 fully saturated rings. The van der Waals surface area contributed by atoms with Gasteiger partial charge in [-0.15, -0.1) is 0 Å². The van der Waals surface area contributed by atoms with Gasteiger partial charge in [0.25, 0.3) is 0 Å². The molecule has 0 unspecified atom stereocenters. The number of benzene rings is 1. The molecular weight excluding hydrogens is 275 g/mol. The van der Waals surface area contributed by atoms with Gasteiger partial charge >= 0.3 is 6.09 Å². The maximum Gasteiger partial charge on any atom is 0.407 e. The van der Waals surface area contributed by atoms with Crippen LogP contribution in [0.3, 0.4) is 0 Å². The van der Waals surface area contributed by atoms with Crippen LogP contribution in [0, 0.1) is 0 Å². The number of alkyl carbamates (subject to hydrolysis) is 1. The largest absolute Gasteiger partial charge is 0.444 e. The maximum absolute atomic E-state index is 11.5. The van der Waals surface area contributed by atoms with E-state index >= 15 is 0 Å². The Morgan fingerprint density at radius 2 is 2.00 bits per heavy atom. The number of ether oxygens (including phenoxy) is 1. The van der Waals surface area contributed by atoms with Gasteiger partial charge in [-0.25, -0.2) is 4.79 Å². The predicted octanol–water partition coefficient (Wildman–Crippen LogP) is 3.60. The van der Waals surface area contributed by atoms with Crippen molar-refractivity contribution in [3.05, 3.63) is 27.7 Å². The first-order valence-corrected chi connectivity index (χ1v) is 6.15. The van der Waals surface area contributed by atoms with Crippen molar-refractivity contribution in [3.8, 4) is 0 Å². The molecule has 0 aliphatic carbocycles. The van der Waals surface area contributed by atoms with Crippen molar-refractivity contribution < 1.29 is 9.53 Å². The Hall–Kier alpha value is -1.13. The number of carbonyl (C=O) groups excluding carboxylic acids is 1. The Bertz CT molecular complexity index is 456. The second-order valence-corrected chi connectivity index (χ2v) is 5.57. The molecule has 0 saturated heterocycles. The third kappa shape index (κ3) is 4.27. The van der Waals surface area contributed by atoms with E-state index in [-0.39, 0.29) is 6.54 Å². The standard InChI is InChI=1S/C12H16Cl2N2O2/c1-12(2,3)18-11(17)16-6-7-4-5-8(13)10(15)9(7)14/h4-5H,6,15H2,1-3H3,(H,16,17). The summed E-state index contributed by atoms with van der Waals surface area (Å²) < 4.78 is 5.10. The van der Waals surface area contributed by atoms with Gasteiger partial charge in [0, 0.05) is 6.54 Å². The zero-order chi connectivity index (χ0) is 13.9.